The first kappa shape index (κ1) is 17.5. The van der Waals surface area contributed by atoms with Crippen LogP contribution in [0.4, 0.5) is 5.69 Å². The van der Waals surface area contributed by atoms with Crippen LogP contribution in [0.1, 0.15) is 35.9 Å². The first-order valence-electron chi connectivity index (χ1n) is 8.95. The van der Waals surface area contributed by atoms with Gasteiger partial charge in [0, 0.05) is 49.9 Å². The van der Waals surface area contributed by atoms with Crippen LogP contribution in [-0.2, 0) is 13.1 Å². The Balaban J connectivity index is 1.65. The van der Waals surface area contributed by atoms with E-state index in [0.29, 0.717) is 18.7 Å². The van der Waals surface area contributed by atoms with Gasteiger partial charge < -0.3 is 19.9 Å². The standard InChI is InChI=1S/C19H26N4O2/c1-2-22-10-8-20-18(22)12-21-17-7-3-6-16(11-17)19(25)23-9-4-5-15(13-23)14-24/h3,6-8,10-11,15,21,24H,2,4-5,9,12-14H2,1H3. The molecule has 1 aromatic carbocycles. The molecule has 1 aliphatic heterocycles. The average Bonchev–Trinajstić information content (AvgIpc) is 3.13. The average molecular weight is 342 g/mol. The van der Waals surface area contributed by atoms with Gasteiger partial charge in [-0.25, -0.2) is 4.98 Å². The van der Waals surface area contributed by atoms with Crippen LogP contribution in [0, 0.1) is 5.92 Å². The fraction of sp³-hybridized carbons (Fsp3) is 0.474. The summed E-state index contributed by atoms with van der Waals surface area (Å²) in [6.07, 6.45) is 5.71. The second kappa shape index (κ2) is 8.16. The Hall–Kier alpha value is -2.34. The molecule has 0 saturated carbocycles. The highest BCUT2D eigenvalue weighted by atomic mass is 16.3. The molecule has 0 aliphatic carbocycles. The molecule has 6 nitrogen and oxygen atoms in total. The smallest absolute Gasteiger partial charge is 0.253 e. The third-order valence-electron chi connectivity index (χ3n) is 4.77. The normalized spacial score (nSPS) is 17.5. The Morgan fingerprint density at radius 2 is 2.32 bits per heavy atom. The highest BCUT2D eigenvalue weighted by molar-refractivity contribution is 5.95. The number of carbonyl (C=O) groups is 1. The highest BCUT2D eigenvalue weighted by Gasteiger charge is 2.24. The van der Waals surface area contributed by atoms with Crippen molar-refractivity contribution < 1.29 is 9.90 Å². The van der Waals surface area contributed by atoms with Crippen molar-refractivity contribution in [3.05, 3.63) is 48.0 Å². The van der Waals surface area contributed by atoms with E-state index in [0.717, 1.165) is 37.4 Å². The van der Waals surface area contributed by atoms with E-state index in [4.69, 9.17) is 0 Å². The minimum atomic E-state index is 0.0388. The van der Waals surface area contributed by atoms with Crippen LogP contribution in [0.15, 0.2) is 36.7 Å². The molecule has 2 heterocycles. The zero-order valence-corrected chi connectivity index (χ0v) is 14.7. The van der Waals surface area contributed by atoms with Crippen molar-refractivity contribution >= 4 is 11.6 Å². The van der Waals surface area contributed by atoms with E-state index in [2.05, 4.69) is 21.8 Å². The third kappa shape index (κ3) is 4.20. The molecule has 1 saturated heterocycles. The number of aryl methyl sites for hydroxylation is 1. The lowest BCUT2D eigenvalue weighted by Crippen LogP contribution is -2.40. The predicted molar refractivity (Wildman–Crippen MR) is 97.4 cm³/mol. The molecule has 1 amide bonds. The topological polar surface area (TPSA) is 70.4 Å². The Morgan fingerprint density at radius 1 is 1.44 bits per heavy atom. The van der Waals surface area contributed by atoms with E-state index in [1.807, 2.05) is 35.4 Å². The second-order valence-corrected chi connectivity index (χ2v) is 6.51. The molecular weight excluding hydrogens is 316 g/mol. The van der Waals surface area contributed by atoms with Gasteiger partial charge in [-0.05, 0) is 43.9 Å². The highest BCUT2D eigenvalue weighted by Crippen LogP contribution is 2.20. The predicted octanol–water partition coefficient (Wildman–Crippen LogP) is 2.36. The van der Waals surface area contributed by atoms with Crippen molar-refractivity contribution in [1.29, 1.82) is 0 Å². The van der Waals surface area contributed by atoms with Gasteiger partial charge in [-0.1, -0.05) is 6.07 Å². The molecule has 1 aliphatic rings. The molecule has 6 heteroatoms. The number of likely N-dealkylation sites (tertiary alicyclic amines) is 1. The summed E-state index contributed by atoms with van der Waals surface area (Å²) in [5, 5.41) is 12.7. The monoisotopic (exact) mass is 342 g/mol. The number of hydrogen-bond donors (Lipinski definition) is 2. The molecular formula is C19H26N4O2. The maximum Gasteiger partial charge on any atom is 0.253 e. The third-order valence-corrected chi connectivity index (χ3v) is 4.77. The summed E-state index contributed by atoms with van der Waals surface area (Å²) in [7, 11) is 0. The van der Waals surface area contributed by atoms with Crippen molar-refractivity contribution in [3.63, 3.8) is 0 Å². The molecule has 1 unspecified atom stereocenters. The molecule has 0 radical (unpaired) electrons. The fourth-order valence-electron chi connectivity index (χ4n) is 3.32. The fourth-order valence-corrected chi connectivity index (χ4v) is 3.32. The van der Waals surface area contributed by atoms with Gasteiger partial charge in [0.1, 0.15) is 5.82 Å². The molecule has 1 atom stereocenters. The molecule has 25 heavy (non-hydrogen) atoms. The number of rotatable bonds is 6. The summed E-state index contributed by atoms with van der Waals surface area (Å²) in [5.74, 6) is 1.21. The summed E-state index contributed by atoms with van der Waals surface area (Å²) in [4.78, 5) is 19.0. The van der Waals surface area contributed by atoms with Crippen LogP contribution in [0.2, 0.25) is 0 Å². The lowest BCUT2D eigenvalue weighted by atomic mass is 9.98. The maximum absolute atomic E-state index is 12.7. The van der Waals surface area contributed by atoms with Gasteiger partial charge in [-0.2, -0.15) is 0 Å². The largest absolute Gasteiger partial charge is 0.396 e. The number of nitrogens with zero attached hydrogens (tertiary/aromatic N) is 3. The number of benzene rings is 1. The van der Waals surface area contributed by atoms with Gasteiger partial charge in [0.05, 0.1) is 6.54 Å². The van der Waals surface area contributed by atoms with Crippen LogP contribution in [0.3, 0.4) is 0 Å². The number of hydrogen-bond acceptors (Lipinski definition) is 4. The van der Waals surface area contributed by atoms with Crippen LogP contribution >= 0.6 is 0 Å². The Bertz CT molecular complexity index is 713. The van der Waals surface area contributed by atoms with E-state index in [1.54, 1.807) is 6.20 Å². The minimum Gasteiger partial charge on any atom is -0.396 e. The van der Waals surface area contributed by atoms with Crippen molar-refractivity contribution in [1.82, 2.24) is 14.5 Å². The number of aliphatic hydroxyl groups excluding tert-OH is 1. The number of piperidine rings is 1. The van der Waals surface area contributed by atoms with Crippen LogP contribution < -0.4 is 5.32 Å². The van der Waals surface area contributed by atoms with E-state index in [1.165, 1.54) is 0 Å². The van der Waals surface area contributed by atoms with Gasteiger partial charge in [0.25, 0.3) is 5.91 Å². The number of aromatic nitrogens is 2. The van der Waals surface area contributed by atoms with E-state index in [9.17, 15) is 9.90 Å². The molecule has 0 spiro atoms. The number of amides is 1. The summed E-state index contributed by atoms with van der Waals surface area (Å²) in [5.41, 5.74) is 1.59. The summed E-state index contributed by atoms with van der Waals surface area (Å²) >= 11 is 0. The molecule has 1 aromatic heterocycles. The molecule has 2 aromatic rings. The van der Waals surface area contributed by atoms with Crippen LogP contribution in [0.25, 0.3) is 0 Å². The SMILES string of the molecule is CCn1ccnc1CNc1cccc(C(=O)N2CCCC(CO)C2)c1. The van der Waals surface area contributed by atoms with Gasteiger partial charge >= 0.3 is 0 Å². The molecule has 2 N–H and O–H groups in total. The van der Waals surface area contributed by atoms with Crippen molar-refractivity contribution in [2.45, 2.75) is 32.9 Å². The molecule has 134 valence electrons. The van der Waals surface area contributed by atoms with Crippen molar-refractivity contribution in [3.8, 4) is 0 Å². The van der Waals surface area contributed by atoms with Crippen LogP contribution in [0.5, 0.6) is 0 Å². The van der Waals surface area contributed by atoms with E-state index in [-0.39, 0.29) is 18.4 Å². The molecule has 3 rings (SSSR count). The summed E-state index contributed by atoms with van der Waals surface area (Å²) in [6.45, 7) is 5.14. The Morgan fingerprint density at radius 3 is 3.12 bits per heavy atom. The quantitative estimate of drug-likeness (QED) is 0.845. The lowest BCUT2D eigenvalue weighted by molar-refractivity contribution is 0.0621. The Labute approximate surface area is 148 Å². The number of anilines is 1. The minimum absolute atomic E-state index is 0.0388. The van der Waals surface area contributed by atoms with E-state index < -0.39 is 0 Å². The van der Waals surface area contributed by atoms with Gasteiger partial charge in [0.2, 0.25) is 0 Å². The number of nitrogens with one attached hydrogen (secondary N) is 1. The van der Waals surface area contributed by atoms with Crippen molar-refractivity contribution in [2.24, 2.45) is 5.92 Å². The van der Waals surface area contributed by atoms with Gasteiger partial charge in [0.15, 0.2) is 0 Å². The van der Waals surface area contributed by atoms with Crippen LogP contribution in [-0.4, -0.2) is 45.2 Å². The van der Waals surface area contributed by atoms with Crippen molar-refractivity contribution in [2.75, 3.05) is 25.0 Å². The second-order valence-electron chi connectivity index (χ2n) is 6.51. The lowest BCUT2D eigenvalue weighted by Gasteiger charge is -2.32. The number of carbonyl (C=O) groups excluding carboxylic acids is 1. The van der Waals surface area contributed by atoms with Gasteiger partial charge in [-0.3, -0.25) is 4.79 Å². The van der Waals surface area contributed by atoms with Gasteiger partial charge in [-0.15, -0.1) is 0 Å². The molecule has 1 fully saturated rings. The zero-order valence-electron chi connectivity index (χ0n) is 14.7. The maximum atomic E-state index is 12.7. The summed E-state index contributed by atoms with van der Waals surface area (Å²) in [6, 6.07) is 7.60. The van der Waals surface area contributed by atoms with E-state index >= 15 is 0 Å². The zero-order chi connectivity index (χ0) is 17.6. The summed E-state index contributed by atoms with van der Waals surface area (Å²) < 4.78 is 2.09. The number of imidazole rings is 1. The first-order valence-corrected chi connectivity index (χ1v) is 8.95. The number of aliphatic hydroxyl groups is 1. The Kier molecular flexibility index (Phi) is 5.71. The molecule has 0 bridgehead atoms. The first-order chi connectivity index (χ1) is 12.2.